The third-order valence-electron chi connectivity index (χ3n) is 11.6. The molecule has 0 aromatic carbocycles. The predicted octanol–water partition coefficient (Wildman–Crippen LogP) is 3.03. The van der Waals surface area contributed by atoms with E-state index >= 15 is 0 Å². The first kappa shape index (κ1) is 29.0. The molecule has 4 saturated carbocycles. The topological polar surface area (TPSA) is 138 Å². The molecule has 0 amide bonds. The molecule has 0 radical (unpaired) electrons. The van der Waals surface area contributed by atoms with E-state index in [1.54, 1.807) is 13.8 Å². The molecule has 5 rings (SSSR count). The maximum absolute atomic E-state index is 13.4. The van der Waals surface area contributed by atoms with Gasteiger partial charge >= 0.3 is 23.9 Å². The fraction of sp³-hybridized carbons (Fsp3) is 0.800. The Morgan fingerprint density at radius 1 is 0.950 bits per heavy atom. The van der Waals surface area contributed by atoms with Crippen LogP contribution in [0, 0.1) is 28.1 Å². The highest BCUT2D eigenvalue weighted by atomic mass is 16.7. The number of ether oxygens (including phenoxy) is 5. The summed E-state index contributed by atoms with van der Waals surface area (Å²) in [6, 6.07) is 0. The van der Waals surface area contributed by atoms with Crippen molar-refractivity contribution in [1.29, 1.82) is 0 Å². The standard InChI is InChI=1S/C30H42O10/c1-15-19-9-12-30(35)27(6)20(13-22(37-17(3)31)29(30,14-19)23(15)38-18(4)32)26(5,24(33)36-8)11-10-21(27)39-25(34)28(7)16(2)40-28/h16,19-23,35H,1,9-14H2,2-8H3. The number of epoxide rings is 1. The molecule has 1 saturated heterocycles. The van der Waals surface area contributed by atoms with E-state index in [1.165, 1.54) is 21.0 Å². The van der Waals surface area contributed by atoms with Crippen molar-refractivity contribution in [3.05, 3.63) is 12.2 Å². The van der Waals surface area contributed by atoms with Gasteiger partial charge in [0.15, 0.2) is 5.60 Å². The Bertz CT molecular complexity index is 1170. The van der Waals surface area contributed by atoms with E-state index in [0.29, 0.717) is 31.3 Å². The van der Waals surface area contributed by atoms with E-state index in [0.717, 1.165) is 0 Å². The Hall–Kier alpha value is -2.46. The van der Waals surface area contributed by atoms with E-state index in [-0.39, 0.29) is 24.9 Å². The van der Waals surface area contributed by atoms with Crippen LogP contribution in [-0.2, 0) is 42.9 Å². The molecular weight excluding hydrogens is 520 g/mol. The van der Waals surface area contributed by atoms with Gasteiger partial charge in [-0.05, 0) is 76.7 Å². The number of carbonyl (C=O) groups is 4. The molecule has 1 heterocycles. The molecule has 11 atom stereocenters. The highest BCUT2D eigenvalue weighted by Crippen LogP contribution is 2.75. The van der Waals surface area contributed by atoms with Gasteiger partial charge in [-0.2, -0.15) is 0 Å². The Balaban J connectivity index is 1.71. The average molecular weight is 563 g/mol. The van der Waals surface area contributed by atoms with Crippen LogP contribution < -0.4 is 0 Å². The molecule has 5 fully saturated rings. The van der Waals surface area contributed by atoms with Gasteiger partial charge in [0.25, 0.3) is 0 Å². The molecule has 222 valence electrons. The third kappa shape index (κ3) is 3.53. The number of hydrogen-bond donors (Lipinski definition) is 1. The molecule has 10 heteroatoms. The van der Waals surface area contributed by atoms with Gasteiger partial charge < -0.3 is 28.8 Å². The fourth-order valence-corrected chi connectivity index (χ4v) is 9.24. The lowest BCUT2D eigenvalue weighted by atomic mass is 9.37. The van der Waals surface area contributed by atoms with E-state index in [9.17, 15) is 24.3 Å². The van der Waals surface area contributed by atoms with Gasteiger partial charge in [-0.15, -0.1) is 0 Å². The number of rotatable bonds is 5. The molecule has 5 aliphatic rings. The average Bonchev–Trinajstić information content (AvgIpc) is 3.44. The number of aliphatic hydroxyl groups is 1. The molecule has 10 nitrogen and oxygen atoms in total. The zero-order valence-corrected chi connectivity index (χ0v) is 24.5. The van der Waals surface area contributed by atoms with Crippen LogP contribution in [-0.4, -0.2) is 71.7 Å². The predicted molar refractivity (Wildman–Crippen MR) is 139 cm³/mol. The number of hydrogen-bond acceptors (Lipinski definition) is 10. The second-order valence-corrected chi connectivity index (χ2v) is 13.3. The molecule has 0 aromatic rings. The molecule has 1 aliphatic heterocycles. The maximum Gasteiger partial charge on any atom is 0.341 e. The summed E-state index contributed by atoms with van der Waals surface area (Å²) < 4.78 is 29.0. The summed E-state index contributed by atoms with van der Waals surface area (Å²) in [6.45, 7) is 14.0. The van der Waals surface area contributed by atoms with Crippen LogP contribution in [0.15, 0.2) is 12.2 Å². The Morgan fingerprint density at radius 3 is 2.12 bits per heavy atom. The largest absolute Gasteiger partial charge is 0.469 e. The van der Waals surface area contributed by atoms with Crippen LogP contribution in [0.4, 0.5) is 0 Å². The summed E-state index contributed by atoms with van der Waals surface area (Å²) >= 11 is 0. The quantitative estimate of drug-likeness (QED) is 0.230. The summed E-state index contributed by atoms with van der Waals surface area (Å²) in [5.41, 5.74) is -5.59. The molecule has 4 aliphatic carbocycles. The van der Waals surface area contributed by atoms with Gasteiger partial charge in [0.05, 0.1) is 29.6 Å². The minimum Gasteiger partial charge on any atom is -0.469 e. The highest BCUT2D eigenvalue weighted by Gasteiger charge is 2.82. The van der Waals surface area contributed by atoms with Gasteiger partial charge in [-0.3, -0.25) is 14.4 Å². The Labute approximate surface area is 235 Å². The van der Waals surface area contributed by atoms with Crippen LogP contribution >= 0.6 is 0 Å². The first-order chi connectivity index (χ1) is 18.5. The summed E-state index contributed by atoms with van der Waals surface area (Å²) in [6.07, 6.45) is -0.889. The lowest BCUT2D eigenvalue weighted by Gasteiger charge is -2.70. The van der Waals surface area contributed by atoms with Crippen LogP contribution in [0.25, 0.3) is 0 Å². The summed E-state index contributed by atoms with van der Waals surface area (Å²) in [4.78, 5) is 51.7. The number of esters is 4. The lowest BCUT2D eigenvalue weighted by molar-refractivity contribution is -0.332. The number of carbonyl (C=O) groups excluding carboxylic acids is 4. The van der Waals surface area contributed by atoms with Crippen molar-refractivity contribution in [2.45, 2.75) is 116 Å². The fourth-order valence-electron chi connectivity index (χ4n) is 9.24. The number of fused-ring (bicyclic) bond motifs is 3. The van der Waals surface area contributed by atoms with Gasteiger partial charge in [0.2, 0.25) is 0 Å². The van der Waals surface area contributed by atoms with E-state index in [4.69, 9.17) is 23.7 Å². The van der Waals surface area contributed by atoms with Gasteiger partial charge in [-0.1, -0.05) is 13.5 Å². The lowest BCUT2D eigenvalue weighted by Crippen LogP contribution is -2.78. The van der Waals surface area contributed by atoms with Crippen molar-refractivity contribution in [3.63, 3.8) is 0 Å². The molecule has 0 aromatic heterocycles. The van der Waals surface area contributed by atoms with Crippen molar-refractivity contribution >= 4 is 23.9 Å². The maximum atomic E-state index is 13.4. The van der Waals surface area contributed by atoms with Gasteiger partial charge in [0, 0.05) is 19.3 Å². The van der Waals surface area contributed by atoms with Crippen LogP contribution in [0.3, 0.4) is 0 Å². The summed E-state index contributed by atoms with van der Waals surface area (Å²) in [5, 5.41) is 13.2. The van der Waals surface area contributed by atoms with Crippen LogP contribution in [0.5, 0.6) is 0 Å². The summed E-state index contributed by atoms with van der Waals surface area (Å²) in [7, 11) is 1.33. The minimum atomic E-state index is -1.67. The summed E-state index contributed by atoms with van der Waals surface area (Å²) in [5.74, 6) is -2.71. The molecular formula is C30H42O10. The Morgan fingerprint density at radius 2 is 1.57 bits per heavy atom. The van der Waals surface area contributed by atoms with Crippen molar-refractivity contribution in [3.8, 4) is 0 Å². The van der Waals surface area contributed by atoms with E-state index in [2.05, 4.69) is 6.58 Å². The zero-order valence-electron chi connectivity index (χ0n) is 24.5. The second kappa shape index (κ2) is 9.02. The smallest absolute Gasteiger partial charge is 0.341 e. The first-order valence-electron chi connectivity index (χ1n) is 14.3. The van der Waals surface area contributed by atoms with Crippen molar-refractivity contribution < 1.29 is 48.0 Å². The van der Waals surface area contributed by atoms with Crippen molar-refractivity contribution in [2.75, 3.05) is 7.11 Å². The van der Waals surface area contributed by atoms with E-state index < -0.39 is 75.6 Å². The molecule has 2 bridgehead atoms. The normalized spacial score (nSPS) is 48.8. The number of methoxy groups -OCH3 is 1. The Kier molecular flexibility index (Phi) is 6.55. The molecule has 11 unspecified atom stereocenters. The van der Waals surface area contributed by atoms with E-state index in [1.807, 2.05) is 13.8 Å². The van der Waals surface area contributed by atoms with Crippen molar-refractivity contribution in [1.82, 2.24) is 0 Å². The first-order valence-corrected chi connectivity index (χ1v) is 14.3. The van der Waals surface area contributed by atoms with Gasteiger partial charge in [0.1, 0.15) is 18.3 Å². The highest BCUT2D eigenvalue weighted by molar-refractivity contribution is 5.83. The molecule has 1 N–H and O–H groups in total. The minimum absolute atomic E-state index is 0.0564. The molecule has 1 spiro atoms. The molecule has 40 heavy (non-hydrogen) atoms. The van der Waals surface area contributed by atoms with Crippen LogP contribution in [0.2, 0.25) is 0 Å². The zero-order chi connectivity index (χ0) is 29.6. The monoisotopic (exact) mass is 562 g/mol. The van der Waals surface area contributed by atoms with Crippen molar-refractivity contribution in [2.24, 2.45) is 28.1 Å². The second-order valence-electron chi connectivity index (χ2n) is 13.3. The third-order valence-corrected chi connectivity index (χ3v) is 11.6. The van der Waals surface area contributed by atoms with Gasteiger partial charge in [-0.25, -0.2) is 4.79 Å². The van der Waals surface area contributed by atoms with Crippen LogP contribution in [0.1, 0.15) is 80.1 Å². The SMILES string of the molecule is C=C1C2CCC3(O)C4(C)C(OC(=O)C5(C)OC5C)CCC(C)(C(=O)OC)C4CC(OC(C)=O)C3(C2)C1OC(C)=O.